The Morgan fingerprint density at radius 1 is 1.03 bits per heavy atom. The fourth-order valence-corrected chi connectivity index (χ4v) is 3.25. The Balaban J connectivity index is 1.47. The molecule has 0 bridgehead atoms. The van der Waals surface area contributed by atoms with E-state index in [1.807, 2.05) is 0 Å². The monoisotopic (exact) mass is 525 g/mol. The zero-order valence-corrected chi connectivity index (χ0v) is 19.7. The molecule has 8 nitrogen and oxygen atoms in total. The van der Waals surface area contributed by atoms with Gasteiger partial charge in [-0.15, -0.1) is 0 Å². The first-order valence-corrected chi connectivity index (χ1v) is 11.4. The van der Waals surface area contributed by atoms with Gasteiger partial charge in [0.25, 0.3) is 6.43 Å². The highest BCUT2D eigenvalue weighted by atomic mass is 35.5. The summed E-state index contributed by atoms with van der Waals surface area (Å²) >= 11 is 5.96. The molecule has 0 fully saturated rings. The minimum Gasteiger partial charge on any atom is -0.354 e. The van der Waals surface area contributed by atoms with E-state index in [-0.39, 0.29) is 24.4 Å². The summed E-state index contributed by atoms with van der Waals surface area (Å²) in [6, 6.07) is 9.07. The molecule has 0 saturated heterocycles. The number of amides is 1. The van der Waals surface area contributed by atoms with E-state index >= 15 is 0 Å². The summed E-state index contributed by atoms with van der Waals surface area (Å²) in [5, 5.41) is 19.1. The first kappa shape index (κ1) is 27.2. The first-order valence-electron chi connectivity index (χ1n) is 11.0. The van der Waals surface area contributed by atoms with Crippen LogP contribution in [-0.2, 0) is 4.79 Å². The number of nitrogens with one attached hydrogen (secondary N) is 4. The standard InChI is InChI=1S/C23H24ClF4N7O/c24-14-2-3-18(25)17(10-14)19-11-16(13-32-35-19)33-15-4-9-30-20(12-15)34-21(36)5-8-29-6-1-7-31-23(28)22(26)27/h2-4,9-13,22-23,29,31H,1,5-8H2,(H2,30,33,34,35,36). The lowest BCUT2D eigenvalue weighted by molar-refractivity contribution is -0.116. The molecule has 13 heteroatoms. The predicted molar refractivity (Wildman–Crippen MR) is 130 cm³/mol. The molecular formula is C23H24ClF4N7O. The predicted octanol–water partition coefficient (Wildman–Crippen LogP) is 4.53. The van der Waals surface area contributed by atoms with E-state index in [1.54, 1.807) is 18.2 Å². The Kier molecular flexibility index (Phi) is 10.3. The third kappa shape index (κ3) is 8.70. The van der Waals surface area contributed by atoms with Crippen LogP contribution in [0.2, 0.25) is 5.02 Å². The fourth-order valence-electron chi connectivity index (χ4n) is 3.08. The quantitative estimate of drug-likeness (QED) is 0.148. The molecule has 192 valence electrons. The van der Waals surface area contributed by atoms with Gasteiger partial charge in [0.15, 0.2) is 0 Å². The van der Waals surface area contributed by atoms with E-state index in [9.17, 15) is 22.4 Å². The largest absolute Gasteiger partial charge is 0.354 e. The Morgan fingerprint density at radius 2 is 1.86 bits per heavy atom. The van der Waals surface area contributed by atoms with Gasteiger partial charge in [-0.1, -0.05) is 11.6 Å². The molecule has 3 rings (SSSR count). The van der Waals surface area contributed by atoms with Crippen molar-refractivity contribution in [1.82, 2.24) is 25.8 Å². The molecule has 2 heterocycles. The van der Waals surface area contributed by atoms with Crippen molar-refractivity contribution < 1.29 is 22.4 Å². The smallest absolute Gasteiger partial charge is 0.282 e. The Hall–Kier alpha value is -3.35. The number of aromatic nitrogens is 3. The van der Waals surface area contributed by atoms with Crippen LogP contribution in [0.4, 0.5) is 34.8 Å². The molecule has 1 aromatic carbocycles. The van der Waals surface area contributed by atoms with Gasteiger partial charge >= 0.3 is 0 Å². The van der Waals surface area contributed by atoms with E-state index in [2.05, 4.69) is 36.4 Å². The maximum Gasteiger partial charge on any atom is 0.282 e. The second-order valence-electron chi connectivity index (χ2n) is 7.60. The lowest BCUT2D eigenvalue weighted by Crippen LogP contribution is -2.33. The van der Waals surface area contributed by atoms with Crippen molar-refractivity contribution in [2.75, 3.05) is 30.3 Å². The van der Waals surface area contributed by atoms with Crippen LogP contribution in [0.5, 0.6) is 0 Å². The van der Waals surface area contributed by atoms with Gasteiger partial charge in [-0.2, -0.15) is 10.2 Å². The first-order chi connectivity index (χ1) is 17.3. The summed E-state index contributed by atoms with van der Waals surface area (Å²) in [5.41, 5.74) is 1.65. The molecule has 36 heavy (non-hydrogen) atoms. The molecule has 0 radical (unpaired) electrons. The number of carbonyl (C=O) groups is 1. The van der Waals surface area contributed by atoms with Gasteiger partial charge < -0.3 is 16.0 Å². The van der Waals surface area contributed by atoms with Crippen molar-refractivity contribution in [3.8, 4) is 11.3 Å². The zero-order valence-electron chi connectivity index (χ0n) is 18.9. The van der Waals surface area contributed by atoms with E-state index in [4.69, 9.17) is 11.6 Å². The van der Waals surface area contributed by atoms with Crippen LogP contribution in [0.15, 0.2) is 48.8 Å². The van der Waals surface area contributed by atoms with Crippen LogP contribution in [0.1, 0.15) is 12.8 Å². The lowest BCUT2D eigenvalue weighted by atomic mass is 10.1. The fraction of sp³-hybridized carbons (Fsp3) is 0.304. The number of pyridine rings is 1. The molecule has 4 N–H and O–H groups in total. The second-order valence-corrected chi connectivity index (χ2v) is 8.04. The molecule has 1 atom stereocenters. The molecule has 0 aliphatic rings. The highest BCUT2D eigenvalue weighted by Gasteiger charge is 2.17. The van der Waals surface area contributed by atoms with Gasteiger partial charge in [0.2, 0.25) is 12.2 Å². The number of nitrogens with zero attached hydrogens (tertiary/aromatic N) is 3. The molecule has 0 aliphatic carbocycles. The molecule has 0 aliphatic heterocycles. The van der Waals surface area contributed by atoms with Crippen molar-refractivity contribution in [2.24, 2.45) is 0 Å². The molecular weight excluding hydrogens is 502 g/mol. The van der Waals surface area contributed by atoms with Gasteiger partial charge in [-0.3, -0.25) is 10.1 Å². The number of rotatable bonds is 13. The van der Waals surface area contributed by atoms with Gasteiger partial charge in [-0.05, 0) is 49.8 Å². The topological polar surface area (TPSA) is 104 Å². The van der Waals surface area contributed by atoms with E-state index in [1.165, 1.54) is 30.6 Å². The van der Waals surface area contributed by atoms with E-state index < -0.39 is 18.5 Å². The maximum atomic E-state index is 14.2. The van der Waals surface area contributed by atoms with Crippen molar-refractivity contribution in [1.29, 1.82) is 0 Å². The minimum atomic E-state index is -3.05. The summed E-state index contributed by atoms with van der Waals surface area (Å²) in [4.78, 5) is 16.3. The third-order valence-electron chi connectivity index (χ3n) is 4.79. The van der Waals surface area contributed by atoms with Gasteiger partial charge in [-0.25, -0.2) is 22.5 Å². The number of carbonyl (C=O) groups excluding carboxylic acids is 1. The maximum absolute atomic E-state index is 14.2. The van der Waals surface area contributed by atoms with Crippen LogP contribution in [0, 0.1) is 5.82 Å². The normalized spacial score (nSPS) is 11.9. The van der Waals surface area contributed by atoms with Crippen LogP contribution in [-0.4, -0.2) is 53.4 Å². The van der Waals surface area contributed by atoms with Crippen LogP contribution >= 0.6 is 11.6 Å². The summed E-state index contributed by atoms with van der Waals surface area (Å²) in [5.74, 6) is -0.444. The minimum absolute atomic E-state index is 0.0942. The van der Waals surface area contributed by atoms with E-state index in [0.29, 0.717) is 47.4 Å². The lowest BCUT2D eigenvalue weighted by Gasteiger charge is -2.11. The number of anilines is 3. The second kappa shape index (κ2) is 13.7. The Labute approximate surface area is 209 Å². The van der Waals surface area contributed by atoms with Crippen LogP contribution < -0.4 is 21.3 Å². The summed E-state index contributed by atoms with van der Waals surface area (Å²) < 4.78 is 51.0. The highest BCUT2D eigenvalue weighted by Crippen LogP contribution is 2.27. The van der Waals surface area contributed by atoms with Crippen LogP contribution in [0.3, 0.4) is 0 Å². The van der Waals surface area contributed by atoms with Gasteiger partial charge in [0.1, 0.15) is 11.6 Å². The Bertz CT molecular complexity index is 1150. The summed E-state index contributed by atoms with van der Waals surface area (Å²) in [6.07, 6.45) is -1.84. The van der Waals surface area contributed by atoms with Crippen molar-refractivity contribution in [3.63, 3.8) is 0 Å². The number of alkyl halides is 3. The van der Waals surface area contributed by atoms with Crippen molar-refractivity contribution in [3.05, 3.63) is 59.6 Å². The summed E-state index contributed by atoms with van der Waals surface area (Å²) in [7, 11) is 0. The Morgan fingerprint density at radius 3 is 2.67 bits per heavy atom. The third-order valence-corrected chi connectivity index (χ3v) is 5.03. The zero-order chi connectivity index (χ0) is 25.9. The average molecular weight is 526 g/mol. The molecule has 1 unspecified atom stereocenters. The van der Waals surface area contributed by atoms with Crippen molar-refractivity contribution in [2.45, 2.75) is 25.6 Å². The van der Waals surface area contributed by atoms with Crippen LogP contribution in [0.25, 0.3) is 11.3 Å². The number of hydrogen-bond acceptors (Lipinski definition) is 7. The highest BCUT2D eigenvalue weighted by molar-refractivity contribution is 6.30. The summed E-state index contributed by atoms with van der Waals surface area (Å²) in [6.45, 7) is 0.884. The SMILES string of the molecule is O=C(CCNCCCNC(F)C(F)F)Nc1cc(Nc2cnnc(-c3cc(Cl)ccc3F)c2)ccn1. The van der Waals surface area contributed by atoms with E-state index in [0.717, 1.165) is 0 Å². The molecule has 0 saturated carbocycles. The van der Waals surface area contributed by atoms with Gasteiger partial charge in [0, 0.05) is 41.5 Å². The number of benzene rings is 1. The van der Waals surface area contributed by atoms with Crippen molar-refractivity contribution >= 4 is 34.7 Å². The average Bonchev–Trinajstić information content (AvgIpc) is 2.85. The molecule has 1 amide bonds. The number of halogens is 5. The molecule has 3 aromatic rings. The molecule has 0 spiro atoms. The van der Waals surface area contributed by atoms with Gasteiger partial charge in [0.05, 0.1) is 17.6 Å². The molecule has 2 aromatic heterocycles. The number of hydrogen-bond donors (Lipinski definition) is 4.